The zero-order valence-electron chi connectivity index (χ0n) is 17.4. The van der Waals surface area contributed by atoms with Crippen molar-refractivity contribution in [3.05, 3.63) is 33.9 Å². The van der Waals surface area contributed by atoms with E-state index in [0.717, 1.165) is 31.9 Å². The molecule has 0 amide bonds. The quantitative estimate of drug-likeness (QED) is 0.622. The number of aromatic carboxylic acids is 1. The Hall–Kier alpha value is -3.12. The second-order valence-corrected chi connectivity index (χ2v) is 8.16. The average Bonchev–Trinajstić information content (AvgIpc) is 3.49. The first-order valence-corrected chi connectivity index (χ1v) is 10.5. The van der Waals surface area contributed by atoms with Gasteiger partial charge in [0.05, 0.1) is 24.1 Å². The number of fused-ring (bicyclic) bond motifs is 1. The van der Waals surface area contributed by atoms with Crippen molar-refractivity contribution in [1.29, 1.82) is 5.26 Å². The van der Waals surface area contributed by atoms with Crippen molar-refractivity contribution >= 4 is 22.6 Å². The zero-order valence-corrected chi connectivity index (χ0v) is 17.4. The number of rotatable bonds is 8. The number of ether oxygens (including phenoxy) is 1. The highest BCUT2D eigenvalue weighted by atomic mass is 19.1. The molecule has 1 aliphatic carbocycles. The Balaban J connectivity index is 1.76. The lowest BCUT2D eigenvalue weighted by Gasteiger charge is -2.25. The molecule has 2 heterocycles. The molecule has 1 aliphatic heterocycles. The fourth-order valence-corrected chi connectivity index (χ4v) is 4.38. The lowest BCUT2D eigenvalue weighted by molar-refractivity contribution is 0.0695. The van der Waals surface area contributed by atoms with Crippen LogP contribution >= 0.6 is 0 Å². The summed E-state index contributed by atoms with van der Waals surface area (Å²) in [6.45, 7) is 2.63. The van der Waals surface area contributed by atoms with Crippen LogP contribution in [0.25, 0.3) is 10.9 Å². The smallest absolute Gasteiger partial charge is 0.341 e. The van der Waals surface area contributed by atoms with E-state index in [1.165, 1.54) is 13.3 Å². The molecule has 1 saturated carbocycles. The zero-order chi connectivity index (χ0) is 22.1. The summed E-state index contributed by atoms with van der Waals surface area (Å²) in [5, 5.41) is 21.4. The maximum Gasteiger partial charge on any atom is 0.341 e. The van der Waals surface area contributed by atoms with E-state index in [1.54, 1.807) is 4.57 Å². The summed E-state index contributed by atoms with van der Waals surface area (Å²) in [6, 6.07) is 3.32. The van der Waals surface area contributed by atoms with Crippen LogP contribution in [0, 0.1) is 23.1 Å². The summed E-state index contributed by atoms with van der Waals surface area (Å²) in [5.74, 6) is -1.34. The molecule has 2 aliphatic rings. The molecule has 4 rings (SSSR count). The van der Waals surface area contributed by atoms with Gasteiger partial charge in [0.1, 0.15) is 11.3 Å². The first kappa shape index (κ1) is 21.1. The minimum absolute atomic E-state index is 0.0267. The molecule has 1 aromatic carbocycles. The van der Waals surface area contributed by atoms with Crippen molar-refractivity contribution in [3.8, 4) is 11.8 Å². The molecule has 0 spiro atoms. The molecule has 1 aromatic heterocycles. The third kappa shape index (κ3) is 3.95. The number of carbonyl (C=O) groups is 1. The van der Waals surface area contributed by atoms with Crippen LogP contribution in [0.15, 0.2) is 17.1 Å². The van der Waals surface area contributed by atoms with Gasteiger partial charge in [-0.15, -0.1) is 0 Å². The number of hydrogen-bond donors (Lipinski definition) is 2. The standard InChI is InChI=1S/C22H25FN4O4/c1-31-21-18-15(20(28)16(22(29)30)12-27(18)14-3-4-14)9-17(23)19(21)26-8-5-13(11-26)10-25-7-2-6-24/h9,12-14,25H,2-5,7-8,10-11H2,1H3,(H,29,30). The van der Waals surface area contributed by atoms with Gasteiger partial charge in [-0.1, -0.05) is 0 Å². The Kier molecular flexibility index (Phi) is 5.83. The van der Waals surface area contributed by atoms with Crippen molar-refractivity contribution in [2.45, 2.75) is 31.7 Å². The number of halogens is 1. The van der Waals surface area contributed by atoms with Gasteiger partial charge in [-0.25, -0.2) is 9.18 Å². The lowest BCUT2D eigenvalue weighted by Crippen LogP contribution is -2.28. The first-order chi connectivity index (χ1) is 15.0. The Bertz CT molecular complexity index is 1120. The summed E-state index contributed by atoms with van der Waals surface area (Å²) in [5.41, 5.74) is -0.305. The number of pyridine rings is 1. The molecule has 2 fully saturated rings. The minimum atomic E-state index is -1.32. The number of hydrogen-bond acceptors (Lipinski definition) is 6. The fourth-order valence-electron chi connectivity index (χ4n) is 4.38. The maximum absolute atomic E-state index is 15.3. The number of aromatic nitrogens is 1. The van der Waals surface area contributed by atoms with Crippen LogP contribution < -0.4 is 20.4 Å². The highest BCUT2D eigenvalue weighted by Crippen LogP contribution is 2.44. The SMILES string of the molecule is COc1c(N2CCC(CNCCC#N)C2)c(F)cc2c(=O)c(C(=O)O)cn(C3CC3)c12. The van der Waals surface area contributed by atoms with Gasteiger partial charge in [-0.2, -0.15) is 5.26 Å². The molecule has 164 valence electrons. The number of anilines is 1. The molecule has 2 N–H and O–H groups in total. The Morgan fingerprint density at radius 1 is 1.42 bits per heavy atom. The first-order valence-electron chi connectivity index (χ1n) is 10.5. The largest absolute Gasteiger partial charge is 0.492 e. The summed E-state index contributed by atoms with van der Waals surface area (Å²) in [6.07, 6.45) is 4.41. The predicted octanol–water partition coefficient (Wildman–Crippen LogP) is 2.51. The van der Waals surface area contributed by atoms with Crippen LogP contribution in [0.1, 0.15) is 42.1 Å². The average molecular weight is 428 g/mol. The summed E-state index contributed by atoms with van der Waals surface area (Å²) >= 11 is 0. The Morgan fingerprint density at radius 3 is 2.84 bits per heavy atom. The van der Waals surface area contributed by atoms with Crippen molar-refractivity contribution in [2.24, 2.45) is 5.92 Å². The predicted molar refractivity (Wildman–Crippen MR) is 113 cm³/mol. The van der Waals surface area contributed by atoms with Crippen LogP contribution in [0.4, 0.5) is 10.1 Å². The van der Waals surface area contributed by atoms with Crippen LogP contribution in [0.2, 0.25) is 0 Å². The highest BCUT2D eigenvalue weighted by Gasteiger charge is 2.33. The third-order valence-corrected chi connectivity index (χ3v) is 6.02. The van der Waals surface area contributed by atoms with E-state index in [-0.39, 0.29) is 22.7 Å². The van der Waals surface area contributed by atoms with Gasteiger partial charge in [0.15, 0.2) is 11.6 Å². The Labute approximate surface area is 178 Å². The van der Waals surface area contributed by atoms with Crippen LogP contribution in [-0.2, 0) is 0 Å². The number of nitriles is 1. The van der Waals surface area contributed by atoms with E-state index in [4.69, 9.17) is 10.00 Å². The van der Waals surface area contributed by atoms with Gasteiger partial charge < -0.3 is 24.6 Å². The highest BCUT2D eigenvalue weighted by molar-refractivity contribution is 5.97. The number of methoxy groups -OCH3 is 1. The molecule has 1 atom stereocenters. The van der Waals surface area contributed by atoms with Gasteiger partial charge in [0.2, 0.25) is 5.43 Å². The van der Waals surface area contributed by atoms with Gasteiger partial charge in [-0.3, -0.25) is 4.79 Å². The van der Waals surface area contributed by atoms with Crippen molar-refractivity contribution in [3.63, 3.8) is 0 Å². The van der Waals surface area contributed by atoms with Crippen LogP contribution in [0.3, 0.4) is 0 Å². The second-order valence-electron chi connectivity index (χ2n) is 8.16. The lowest BCUT2D eigenvalue weighted by atomic mass is 10.1. The molecule has 2 aromatic rings. The van der Waals surface area contributed by atoms with Gasteiger partial charge >= 0.3 is 5.97 Å². The normalized spacial score (nSPS) is 18.4. The third-order valence-electron chi connectivity index (χ3n) is 6.02. The number of carboxylic acids is 1. The van der Waals surface area contributed by atoms with E-state index in [9.17, 15) is 14.7 Å². The molecule has 31 heavy (non-hydrogen) atoms. The second kappa shape index (κ2) is 8.55. The monoisotopic (exact) mass is 428 g/mol. The van der Waals surface area contributed by atoms with Gasteiger partial charge in [-0.05, 0) is 37.8 Å². The van der Waals surface area contributed by atoms with E-state index in [2.05, 4.69) is 11.4 Å². The summed E-state index contributed by atoms with van der Waals surface area (Å²) in [4.78, 5) is 26.3. The van der Waals surface area contributed by atoms with Crippen LogP contribution in [0.5, 0.6) is 5.75 Å². The number of nitrogens with zero attached hydrogens (tertiary/aromatic N) is 3. The van der Waals surface area contributed by atoms with Crippen molar-refractivity contribution in [2.75, 3.05) is 38.2 Å². The molecule has 0 bridgehead atoms. The topological polar surface area (TPSA) is 108 Å². The fraction of sp³-hybridized carbons (Fsp3) is 0.500. The van der Waals surface area contributed by atoms with Crippen molar-refractivity contribution < 1.29 is 19.0 Å². The van der Waals surface area contributed by atoms with E-state index in [1.807, 2.05) is 4.90 Å². The molecule has 8 nitrogen and oxygen atoms in total. The summed E-state index contributed by atoms with van der Waals surface area (Å²) < 4.78 is 22.7. The molecule has 9 heteroatoms. The molecular formula is C22H25FN4O4. The van der Waals surface area contributed by atoms with E-state index < -0.39 is 17.2 Å². The van der Waals surface area contributed by atoms with Crippen LogP contribution in [-0.4, -0.2) is 48.9 Å². The summed E-state index contributed by atoms with van der Waals surface area (Å²) in [7, 11) is 1.45. The maximum atomic E-state index is 15.3. The number of benzene rings is 1. The van der Waals surface area contributed by atoms with E-state index in [0.29, 0.717) is 43.2 Å². The van der Waals surface area contributed by atoms with Crippen molar-refractivity contribution in [1.82, 2.24) is 9.88 Å². The molecule has 0 radical (unpaired) electrons. The molecular weight excluding hydrogens is 403 g/mol. The van der Waals surface area contributed by atoms with Gasteiger partial charge in [0, 0.05) is 38.3 Å². The Morgan fingerprint density at radius 2 is 2.19 bits per heavy atom. The number of nitrogens with one attached hydrogen (secondary N) is 1. The minimum Gasteiger partial charge on any atom is -0.492 e. The van der Waals surface area contributed by atoms with E-state index >= 15 is 4.39 Å². The molecule has 1 saturated heterocycles. The molecule has 1 unspecified atom stereocenters. The van der Waals surface area contributed by atoms with Gasteiger partial charge in [0.25, 0.3) is 0 Å². The number of carboxylic acid groups (broad SMARTS) is 1.